The molecule has 0 atom stereocenters. The molecule has 0 radical (unpaired) electrons. The molecule has 2 rings (SSSR count). The fourth-order valence-corrected chi connectivity index (χ4v) is 3.36. The number of hydrogen-bond donors (Lipinski definition) is 0. The van der Waals surface area contributed by atoms with Crippen molar-refractivity contribution in [1.29, 1.82) is 0 Å². The van der Waals surface area contributed by atoms with Crippen molar-refractivity contribution in [2.45, 2.75) is 5.32 Å². The minimum atomic E-state index is 0.223. The summed E-state index contributed by atoms with van der Waals surface area (Å²) >= 11 is 3.59. The topological polar surface area (TPSA) is 17.1 Å². The molecule has 17 heavy (non-hydrogen) atoms. The first kappa shape index (κ1) is 12.6. The fraction of sp³-hybridized carbons (Fsp3) is 0.0714. The molecule has 0 aliphatic rings. The van der Waals surface area contributed by atoms with Crippen molar-refractivity contribution in [3.63, 3.8) is 0 Å². The van der Waals surface area contributed by atoms with Crippen LogP contribution in [-0.4, -0.2) is 20.7 Å². The summed E-state index contributed by atoms with van der Waals surface area (Å²) in [6.07, 6.45) is 0. The van der Waals surface area contributed by atoms with E-state index in [0.717, 1.165) is 10.0 Å². The molecule has 0 fully saturated rings. The molecule has 0 bridgehead atoms. The Balaban J connectivity index is 1.96. The summed E-state index contributed by atoms with van der Waals surface area (Å²) in [5, 5.41) is 0.624. The molecule has 0 spiro atoms. The van der Waals surface area contributed by atoms with Crippen molar-refractivity contribution in [2.75, 3.05) is 0 Å². The molecule has 0 aliphatic carbocycles. The van der Waals surface area contributed by atoms with E-state index in [9.17, 15) is 4.79 Å². The van der Waals surface area contributed by atoms with E-state index in [4.69, 9.17) is 0 Å². The molecular weight excluding hydrogens is 343 g/mol. The summed E-state index contributed by atoms with van der Waals surface area (Å²) in [5.74, 6) is 0.223. The molecule has 3 heteroatoms. The second-order valence-electron chi connectivity index (χ2n) is 3.53. The number of carbonyl (C=O) groups excluding carboxylic acids is 1. The Morgan fingerprint density at radius 2 is 1.65 bits per heavy atom. The van der Waals surface area contributed by atoms with E-state index in [0.29, 0.717) is 5.32 Å². The van der Waals surface area contributed by atoms with Crippen LogP contribution in [0.2, 0.25) is 5.32 Å². The summed E-state index contributed by atoms with van der Waals surface area (Å²) in [6, 6.07) is 17.7. The number of rotatable bonds is 4. The normalized spacial score (nSPS) is 10.2. The van der Waals surface area contributed by atoms with Gasteiger partial charge in [0.25, 0.3) is 0 Å². The number of ketones is 1. The fourth-order valence-electron chi connectivity index (χ4n) is 1.38. The molecule has 0 amide bonds. The number of halogens is 1. The van der Waals surface area contributed by atoms with E-state index in [2.05, 4.69) is 28.1 Å². The Morgan fingerprint density at radius 3 is 2.29 bits per heavy atom. The van der Waals surface area contributed by atoms with Crippen LogP contribution in [0.1, 0.15) is 10.4 Å². The van der Waals surface area contributed by atoms with Gasteiger partial charge in [0.05, 0.1) is 0 Å². The van der Waals surface area contributed by atoms with Gasteiger partial charge in [-0.25, -0.2) is 0 Å². The van der Waals surface area contributed by atoms with Crippen LogP contribution in [0.4, 0.5) is 0 Å². The van der Waals surface area contributed by atoms with Crippen LogP contribution in [0.15, 0.2) is 59.1 Å². The first-order chi connectivity index (χ1) is 8.25. The first-order valence-corrected chi connectivity index (χ1v) is 8.08. The molecule has 1 nitrogen and oxygen atoms in total. The van der Waals surface area contributed by atoms with Gasteiger partial charge in [0.1, 0.15) is 0 Å². The van der Waals surface area contributed by atoms with E-state index < -0.39 is 0 Å². The summed E-state index contributed by atoms with van der Waals surface area (Å²) in [6.45, 7) is 0. The number of benzene rings is 2. The van der Waals surface area contributed by atoms with Gasteiger partial charge in [-0.15, -0.1) is 0 Å². The molecule has 0 heterocycles. The Bertz CT molecular complexity index is 493. The Labute approximate surface area is 116 Å². The van der Waals surface area contributed by atoms with Gasteiger partial charge in [-0.1, -0.05) is 0 Å². The summed E-state index contributed by atoms with van der Waals surface area (Å²) < 4.78 is 2.27. The molecule has 2 aromatic rings. The molecule has 86 valence electrons. The molecule has 0 aromatic heterocycles. The predicted octanol–water partition coefficient (Wildman–Crippen LogP) is 3.08. The first-order valence-electron chi connectivity index (χ1n) is 5.22. The van der Waals surface area contributed by atoms with Gasteiger partial charge in [-0.2, -0.15) is 0 Å². The summed E-state index contributed by atoms with van der Waals surface area (Å²) in [5.41, 5.74) is 0.797. The van der Waals surface area contributed by atoms with Crippen molar-refractivity contribution in [1.82, 2.24) is 0 Å². The van der Waals surface area contributed by atoms with Gasteiger partial charge in [-0.05, 0) is 0 Å². The zero-order chi connectivity index (χ0) is 12.1. The Kier molecular flexibility index (Phi) is 4.55. The van der Waals surface area contributed by atoms with Crippen LogP contribution < -0.4 is 4.46 Å². The molecule has 2 aromatic carbocycles. The minimum absolute atomic E-state index is 0.223. The zero-order valence-electron chi connectivity index (χ0n) is 9.10. The van der Waals surface area contributed by atoms with Crippen LogP contribution in [-0.2, 0) is 0 Å². The second kappa shape index (κ2) is 6.15. The summed E-state index contributed by atoms with van der Waals surface area (Å²) in [4.78, 5) is 11.9. The van der Waals surface area contributed by atoms with E-state index in [1.807, 2.05) is 42.5 Å². The van der Waals surface area contributed by atoms with Crippen LogP contribution in [0.3, 0.4) is 0 Å². The third-order valence-corrected chi connectivity index (χ3v) is 4.93. The van der Waals surface area contributed by atoms with E-state index in [-0.39, 0.29) is 20.7 Å². The zero-order valence-corrected chi connectivity index (χ0v) is 12.4. The molecule has 0 unspecified atom stereocenters. The van der Waals surface area contributed by atoms with Gasteiger partial charge >= 0.3 is 116 Å². The molecule has 0 saturated carbocycles. The van der Waals surface area contributed by atoms with Crippen LogP contribution in [0.25, 0.3) is 0 Å². The van der Waals surface area contributed by atoms with Crippen molar-refractivity contribution in [3.05, 3.63) is 64.6 Å². The van der Waals surface area contributed by atoms with Crippen molar-refractivity contribution < 1.29 is 4.79 Å². The van der Waals surface area contributed by atoms with E-state index in [1.54, 1.807) is 0 Å². The van der Waals surface area contributed by atoms with Crippen LogP contribution >= 0.6 is 15.9 Å². The molecule has 0 N–H and O–H groups in total. The van der Waals surface area contributed by atoms with Gasteiger partial charge in [0, 0.05) is 0 Å². The van der Waals surface area contributed by atoms with Gasteiger partial charge < -0.3 is 0 Å². The van der Waals surface area contributed by atoms with E-state index in [1.165, 1.54) is 4.46 Å². The van der Waals surface area contributed by atoms with Crippen LogP contribution in [0.5, 0.6) is 0 Å². The monoisotopic (exact) mass is 354 g/mol. The standard InChI is InChI=1S/C14H11BrOSe/c15-12-8-6-11(7-9-12)14(16)10-17-13-4-2-1-3-5-13/h1-9H,10H2. The van der Waals surface area contributed by atoms with Gasteiger partial charge in [0.2, 0.25) is 0 Å². The average molecular weight is 354 g/mol. The Morgan fingerprint density at radius 1 is 1.00 bits per heavy atom. The molecule has 0 saturated heterocycles. The number of carbonyl (C=O) groups is 1. The van der Waals surface area contributed by atoms with Crippen molar-refractivity contribution in [2.24, 2.45) is 0 Å². The van der Waals surface area contributed by atoms with Gasteiger partial charge in [0.15, 0.2) is 0 Å². The molecular formula is C14H11BrOSe. The predicted molar refractivity (Wildman–Crippen MR) is 75.1 cm³/mol. The van der Waals surface area contributed by atoms with Crippen molar-refractivity contribution in [3.8, 4) is 0 Å². The Hall–Kier alpha value is -0.891. The van der Waals surface area contributed by atoms with Crippen molar-refractivity contribution >= 4 is 41.1 Å². The maximum absolute atomic E-state index is 11.9. The summed E-state index contributed by atoms with van der Waals surface area (Å²) in [7, 11) is 0. The number of Topliss-reactive ketones (excluding diaryl/α,β-unsaturated/α-hetero) is 1. The van der Waals surface area contributed by atoms with E-state index >= 15 is 0 Å². The quantitative estimate of drug-likeness (QED) is 0.609. The maximum atomic E-state index is 11.9. The average Bonchev–Trinajstić information content (AvgIpc) is 2.38. The third kappa shape index (κ3) is 3.81. The van der Waals surface area contributed by atoms with Gasteiger partial charge in [-0.3, -0.25) is 0 Å². The third-order valence-electron chi connectivity index (χ3n) is 2.28. The SMILES string of the molecule is O=C(C[Se]c1ccccc1)c1ccc(Br)cc1. The second-order valence-corrected chi connectivity index (χ2v) is 6.65. The van der Waals surface area contributed by atoms with Crippen LogP contribution in [0, 0.1) is 0 Å². The molecule has 0 aliphatic heterocycles. The number of hydrogen-bond acceptors (Lipinski definition) is 1.